The maximum absolute atomic E-state index is 12.2. The van der Waals surface area contributed by atoms with Gasteiger partial charge in [-0.2, -0.15) is 0 Å². The molecule has 2 unspecified atom stereocenters. The second kappa shape index (κ2) is 9.17. The molecule has 0 saturated carbocycles. The van der Waals surface area contributed by atoms with Gasteiger partial charge in [0.05, 0.1) is 25.3 Å². The summed E-state index contributed by atoms with van der Waals surface area (Å²) >= 11 is 1.78. The summed E-state index contributed by atoms with van der Waals surface area (Å²) in [6.45, 7) is 10.3. The molecule has 2 rings (SSSR count). The number of morpholine rings is 1. The number of ether oxygens (including phenoxy) is 1. The maximum atomic E-state index is 12.2. The standard InChI is InChI=1S/C17H27N3O2S/c1-4-7-18-17(21)14(2)19(3)13-15(16-6-5-12-23-16)20-8-10-22-11-9-20/h4-6,12,14-15H,1,7-11,13H2,2-3H3,(H,18,21). The van der Waals surface area contributed by atoms with Crippen LogP contribution >= 0.6 is 11.3 Å². The van der Waals surface area contributed by atoms with E-state index in [0.717, 1.165) is 32.8 Å². The summed E-state index contributed by atoms with van der Waals surface area (Å²) in [6.07, 6.45) is 1.70. The molecule has 5 nitrogen and oxygen atoms in total. The van der Waals surface area contributed by atoms with Crippen molar-refractivity contribution in [3.05, 3.63) is 35.0 Å². The molecule has 1 N–H and O–H groups in total. The average Bonchev–Trinajstić information content (AvgIpc) is 3.11. The first-order valence-corrected chi connectivity index (χ1v) is 8.95. The minimum Gasteiger partial charge on any atom is -0.379 e. The molecule has 2 atom stereocenters. The number of rotatable bonds is 8. The van der Waals surface area contributed by atoms with E-state index in [4.69, 9.17) is 4.74 Å². The fourth-order valence-electron chi connectivity index (χ4n) is 2.71. The van der Waals surface area contributed by atoms with E-state index in [1.54, 1.807) is 17.4 Å². The molecule has 1 fully saturated rings. The van der Waals surface area contributed by atoms with Crippen LogP contribution in [-0.2, 0) is 9.53 Å². The van der Waals surface area contributed by atoms with Gasteiger partial charge in [-0.05, 0) is 25.4 Å². The first kappa shape index (κ1) is 18.1. The molecule has 0 spiro atoms. The van der Waals surface area contributed by atoms with Crippen molar-refractivity contribution in [1.82, 2.24) is 15.1 Å². The van der Waals surface area contributed by atoms with Gasteiger partial charge < -0.3 is 10.1 Å². The Labute approximate surface area is 142 Å². The third-order valence-electron chi connectivity index (χ3n) is 4.28. The van der Waals surface area contributed by atoms with Gasteiger partial charge in [-0.1, -0.05) is 12.1 Å². The Morgan fingerprint density at radius 1 is 1.57 bits per heavy atom. The highest BCUT2D eigenvalue weighted by Crippen LogP contribution is 2.27. The first-order valence-electron chi connectivity index (χ1n) is 8.07. The van der Waals surface area contributed by atoms with Crippen LogP contribution in [0, 0.1) is 0 Å². The number of carbonyl (C=O) groups excluding carboxylic acids is 1. The van der Waals surface area contributed by atoms with Crippen molar-refractivity contribution in [3.63, 3.8) is 0 Å². The Bertz CT molecular complexity index is 486. The lowest BCUT2D eigenvalue weighted by molar-refractivity contribution is -0.125. The quantitative estimate of drug-likeness (QED) is 0.734. The molecule has 1 aliphatic heterocycles. The van der Waals surface area contributed by atoms with Crippen LogP contribution in [0.25, 0.3) is 0 Å². The van der Waals surface area contributed by atoms with Crippen molar-refractivity contribution >= 4 is 17.2 Å². The molecule has 0 aliphatic carbocycles. The van der Waals surface area contributed by atoms with Crippen molar-refractivity contribution in [1.29, 1.82) is 0 Å². The lowest BCUT2D eigenvalue weighted by atomic mass is 10.1. The molecule has 1 aliphatic rings. The SMILES string of the molecule is C=CCNC(=O)C(C)N(C)CC(c1cccs1)N1CCOCC1. The Morgan fingerprint density at radius 3 is 2.91 bits per heavy atom. The van der Waals surface area contributed by atoms with Crippen LogP contribution in [0.3, 0.4) is 0 Å². The van der Waals surface area contributed by atoms with Gasteiger partial charge in [-0.15, -0.1) is 17.9 Å². The van der Waals surface area contributed by atoms with E-state index in [1.807, 2.05) is 14.0 Å². The zero-order chi connectivity index (χ0) is 16.7. The number of nitrogens with zero attached hydrogens (tertiary/aromatic N) is 2. The molecule has 6 heteroatoms. The third-order valence-corrected chi connectivity index (χ3v) is 5.25. The monoisotopic (exact) mass is 337 g/mol. The molecule has 0 bridgehead atoms. The number of amides is 1. The van der Waals surface area contributed by atoms with E-state index in [9.17, 15) is 4.79 Å². The highest BCUT2D eigenvalue weighted by atomic mass is 32.1. The molecule has 1 amide bonds. The summed E-state index contributed by atoms with van der Waals surface area (Å²) in [4.78, 5) is 18.1. The fraction of sp³-hybridized carbons (Fsp3) is 0.588. The smallest absolute Gasteiger partial charge is 0.237 e. The van der Waals surface area contributed by atoms with Gasteiger partial charge in [0, 0.05) is 31.1 Å². The second-order valence-corrected chi connectivity index (χ2v) is 6.81. The van der Waals surface area contributed by atoms with Crippen LogP contribution in [0.1, 0.15) is 17.8 Å². The van der Waals surface area contributed by atoms with E-state index < -0.39 is 0 Å². The second-order valence-electron chi connectivity index (χ2n) is 5.83. The number of likely N-dealkylation sites (N-methyl/N-ethyl adjacent to an activating group) is 1. The molecule has 128 valence electrons. The molecule has 1 saturated heterocycles. The zero-order valence-corrected chi connectivity index (χ0v) is 14.8. The van der Waals surface area contributed by atoms with E-state index in [1.165, 1.54) is 4.88 Å². The van der Waals surface area contributed by atoms with Crippen molar-refractivity contribution in [2.75, 3.05) is 46.4 Å². The van der Waals surface area contributed by atoms with E-state index in [2.05, 4.69) is 39.2 Å². The average molecular weight is 337 g/mol. The number of carbonyl (C=O) groups is 1. The van der Waals surface area contributed by atoms with Crippen molar-refractivity contribution in [3.8, 4) is 0 Å². The Kier molecular flexibility index (Phi) is 7.23. The summed E-state index contributed by atoms with van der Waals surface area (Å²) in [5.74, 6) is 0.0410. The van der Waals surface area contributed by atoms with Crippen molar-refractivity contribution in [2.45, 2.75) is 19.0 Å². The molecule has 1 aromatic rings. The topological polar surface area (TPSA) is 44.8 Å². The zero-order valence-electron chi connectivity index (χ0n) is 14.0. The molecule has 0 radical (unpaired) electrons. The van der Waals surface area contributed by atoms with Gasteiger partial charge in [-0.3, -0.25) is 14.6 Å². The van der Waals surface area contributed by atoms with Crippen LogP contribution in [0.5, 0.6) is 0 Å². The molecular weight excluding hydrogens is 310 g/mol. The van der Waals surface area contributed by atoms with Crippen LogP contribution in [0.15, 0.2) is 30.2 Å². The molecule has 23 heavy (non-hydrogen) atoms. The van der Waals surface area contributed by atoms with Gasteiger partial charge in [0.2, 0.25) is 5.91 Å². The van der Waals surface area contributed by atoms with Crippen LogP contribution in [-0.4, -0.2) is 68.2 Å². The predicted octanol–water partition coefficient (Wildman–Crippen LogP) is 1.74. The van der Waals surface area contributed by atoms with E-state index >= 15 is 0 Å². The Balaban J connectivity index is 2.01. The van der Waals surface area contributed by atoms with Crippen LogP contribution < -0.4 is 5.32 Å². The Hall–Kier alpha value is -1.21. The summed E-state index contributed by atoms with van der Waals surface area (Å²) in [5, 5.41) is 4.98. The van der Waals surface area contributed by atoms with Gasteiger partial charge >= 0.3 is 0 Å². The molecular formula is C17H27N3O2S. The molecule has 0 aromatic carbocycles. The minimum atomic E-state index is -0.168. The van der Waals surface area contributed by atoms with Gasteiger partial charge in [0.1, 0.15) is 0 Å². The lowest BCUT2D eigenvalue weighted by Crippen LogP contribution is -2.48. The summed E-state index contributed by atoms with van der Waals surface area (Å²) in [7, 11) is 2.01. The largest absolute Gasteiger partial charge is 0.379 e. The van der Waals surface area contributed by atoms with Crippen LogP contribution in [0.2, 0.25) is 0 Å². The van der Waals surface area contributed by atoms with Gasteiger partial charge in [-0.25, -0.2) is 0 Å². The third kappa shape index (κ3) is 5.14. The molecule has 2 heterocycles. The first-order chi connectivity index (χ1) is 11.1. The fourth-order valence-corrected chi connectivity index (χ4v) is 3.56. The summed E-state index contributed by atoms with van der Waals surface area (Å²) < 4.78 is 5.48. The number of hydrogen-bond acceptors (Lipinski definition) is 5. The number of nitrogens with one attached hydrogen (secondary N) is 1. The van der Waals surface area contributed by atoms with Gasteiger partial charge in [0.25, 0.3) is 0 Å². The number of thiophene rings is 1. The maximum Gasteiger partial charge on any atom is 0.237 e. The van der Waals surface area contributed by atoms with Crippen molar-refractivity contribution in [2.24, 2.45) is 0 Å². The highest BCUT2D eigenvalue weighted by molar-refractivity contribution is 7.10. The normalized spacial score (nSPS) is 18.6. The van der Waals surface area contributed by atoms with Crippen LogP contribution in [0.4, 0.5) is 0 Å². The highest BCUT2D eigenvalue weighted by Gasteiger charge is 2.27. The van der Waals surface area contributed by atoms with E-state index in [-0.39, 0.29) is 11.9 Å². The minimum absolute atomic E-state index is 0.0410. The molecule has 1 aromatic heterocycles. The predicted molar refractivity (Wildman–Crippen MR) is 94.8 cm³/mol. The van der Waals surface area contributed by atoms with Crippen molar-refractivity contribution < 1.29 is 9.53 Å². The summed E-state index contributed by atoms with van der Waals surface area (Å²) in [6, 6.07) is 4.41. The summed E-state index contributed by atoms with van der Waals surface area (Å²) in [5.41, 5.74) is 0. The number of hydrogen-bond donors (Lipinski definition) is 1. The lowest BCUT2D eigenvalue weighted by Gasteiger charge is -2.37. The van der Waals surface area contributed by atoms with Gasteiger partial charge in [0.15, 0.2) is 0 Å². The Morgan fingerprint density at radius 2 is 2.30 bits per heavy atom. The van der Waals surface area contributed by atoms with E-state index in [0.29, 0.717) is 12.6 Å².